The Bertz CT molecular complexity index is 4200. The predicted octanol–water partition coefficient (Wildman–Crippen LogP) is 20.8. The molecule has 0 aromatic heterocycles. The Balaban J connectivity index is 0.901. The van der Waals surface area contributed by atoms with Gasteiger partial charge in [-0.25, -0.2) is 0 Å². The molecule has 10 aromatic carbocycles. The molecule has 2 spiro atoms. The molecule has 6 aliphatic carbocycles. The topological polar surface area (TPSA) is 3.24 Å². The summed E-state index contributed by atoms with van der Waals surface area (Å²) >= 11 is 0. The monoisotopic (exact) mass is 1030 g/mol. The molecule has 0 aliphatic heterocycles. The van der Waals surface area contributed by atoms with E-state index in [4.69, 9.17) is 0 Å². The lowest BCUT2D eigenvalue weighted by Crippen LogP contribution is -2.32. The molecular weight excluding hydrogens is 963 g/mol. The Morgan fingerprint density at radius 1 is 0.362 bits per heavy atom. The van der Waals surface area contributed by atoms with E-state index in [2.05, 4.69) is 273 Å². The second-order valence-corrected chi connectivity index (χ2v) is 27.2. The number of hydrogen-bond acceptors (Lipinski definition) is 1. The van der Waals surface area contributed by atoms with Crippen molar-refractivity contribution in [2.24, 2.45) is 11.8 Å². The van der Waals surface area contributed by atoms with Crippen LogP contribution in [-0.2, 0) is 27.1 Å². The van der Waals surface area contributed by atoms with Crippen molar-refractivity contribution in [2.75, 3.05) is 4.90 Å². The molecule has 0 N–H and O–H groups in total. The minimum Gasteiger partial charge on any atom is -0.310 e. The average molecular weight is 1030 g/mol. The van der Waals surface area contributed by atoms with Crippen LogP contribution >= 0.6 is 0 Å². The van der Waals surface area contributed by atoms with Gasteiger partial charge in [-0.1, -0.05) is 238 Å². The van der Waals surface area contributed by atoms with E-state index in [0.29, 0.717) is 5.92 Å². The standard InChI is InChI=1S/C79H69N/c1-75(2,3)50-32-40-70-65(43-50)66-44-51(76(4,5)6)33-41-71(66)79(70)69-27-16-13-21-59(69)62-39-37-55(46-73(62)79)80(54-36-38-61-58-20-12-15-26-68(58)78(72(61)45-54)47-48-28-31-52(78)42-48)53-34-29-49(30-35-53)56-18-9-10-19-57(56)63-23-17-24-64-60-22-11-14-25-67(60)77(7,8)74(63)64/h9-27,29-30,32-41,43-46,48,52H,28,31,42,47H2,1-8H3. The molecule has 2 fully saturated rings. The lowest BCUT2D eigenvalue weighted by Gasteiger charge is -2.37. The van der Waals surface area contributed by atoms with Crippen LogP contribution in [0.5, 0.6) is 0 Å². The first-order chi connectivity index (χ1) is 38.7. The second kappa shape index (κ2) is 16.5. The molecule has 0 radical (unpaired) electrons. The molecule has 16 rings (SSSR count). The molecule has 1 heteroatoms. The van der Waals surface area contributed by atoms with Gasteiger partial charge in [0.05, 0.1) is 5.41 Å². The highest BCUT2D eigenvalue weighted by Crippen LogP contribution is 2.67. The summed E-state index contributed by atoms with van der Waals surface area (Å²) in [5, 5.41) is 0. The molecule has 3 unspecified atom stereocenters. The summed E-state index contributed by atoms with van der Waals surface area (Å²) < 4.78 is 0. The maximum atomic E-state index is 2.63. The SMILES string of the molecule is CC(C)(C)c1ccc2c(c1)-c1cc(C(C)(C)C)ccc1C21c2ccccc2-c2ccc(N(c3ccc(-c4ccccc4-c4cccc5c4C(C)(C)c4ccccc4-5)cc3)c3ccc4c(c3)C3(CC5CCC3C5)c3ccccc3-4)cc21. The fourth-order valence-corrected chi connectivity index (χ4v) is 17.0. The zero-order valence-electron chi connectivity index (χ0n) is 47.6. The lowest BCUT2D eigenvalue weighted by molar-refractivity contribution is 0.327. The summed E-state index contributed by atoms with van der Waals surface area (Å²) in [7, 11) is 0. The summed E-state index contributed by atoms with van der Waals surface area (Å²) in [5.74, 6) is 1.46. The van der Waals surface area contributed by atoms with Crippen molar-refractivity contribution in [3.05, 3.63) is 268 Å². The van der Waals surface area contributed by atoms with Crippen LogP contribution in [0.1, 0.15) is 137 Å². The fourth-order valence-electron chi connectivity index (χ4n) is 17.0. The predicted molar refractivity (Wildman–Crippen MR) is 335 cm³/mol. The molecule has 3 atom stereocenters. The largest absolute Gasteiger partial charge is 0.310 e. The Morgan fingerprint density at radius 3 is 1.41 bits per heavy atom. The summed E-state index contributed by atoms with van der Waals surface area (Å²) in [6, 6.07) is 83.2. The normalized spacial score (nSPS) is 19.6. The van der Waals surface area contributed by atoms with Gasteiger partial charge in [-0.3, -0.25) is 0 Å². The highest BCUT2D eigenvalue weighted by Gasteiger charge is 2.57. The van der Waals surface area contributed by atoms with Gasteiger partial charge in [-0.15, -0.1) is 0 Å². The molecule has 0 saturated heterocycles. The summed E-state index contributed by atoms with van der Waals surface area (Å²) in [5.41, 5.74) is 33.1. The van der Waals surface area contributed by atoms with Crippen molar-refractivity contribution in [3.63, 3.8) is 0 Å². The minimum absolute atomic E-state index is 0.00229. The highest BCUT2D eigenvalue weighted by atomic mass is 15.1. The first kappa shape index (κ1) is 48.0. The Labute approximate surface area is 474 Å². The molecule has 80 heavy (non-hydrogen) atoms. The third-order valence-corrected chi connectivity index (χ3v) is 20.7. The van der Waals surface area contributed by atoms with Gasteiger partial charge in [0.2, 0.25) is 0 Å². The molecular formula is C79H69N. The van der Waals surface area contributed by atoms with E-state index in [-0.39, 0.29) is 21.7 Å². The van der Waals surface area contributed by atoms with Gasteiger partial charge in [0, 0.05) is 27.9 Å². The maximum Gasteiger partial charge on any atom is 0.0726 e. The van der Waals surface area contributed by atoms with Crippen LogP contribution in [0.15, 0.2) is 212 Å². The third kappa shape index (κ3) is 6.41. The van der Waals surface area contributed by atoms with Gasteiger partial charge in [-0.2, -0.15) is 0 Å². The Kier molecular flexibility index (Phi) is 9.92. The van der Waals surface area contributed by atoms with Gasteiger partial charge in [0.1, 0.15) is 0 Å². The molecule has 1 nitrogen and oxygen atoms in total. The van der Waals surface area contributed by atoms with E-state index < -0.39 is 5.41 Å². The molecule has 6 aliphatic rings. The average Bonchev–Trinajstić information content (AvgIpc) is 4.12. The van der Waals surface area contributed by atoms with Gasteiger partial charge >= 0.3 is 0 Å². The smallest absolute Gasteiger partial charge is 0.0726 e. The number of rotatable bonds is 5. The van der Waals surface area contributed by atoms with Gasteiger partial charge < -0.3 is 4.90 Å². The van der Waals surface area contributed by atoms with Crippen LogP contribution < -0.4 is 4.90 Å². The number of nitrogens with zero attached hydrogens (tertiary/aromatic N) is 1. The summed E-state index contributed by atoms with van der Waals surface area (Å²) in [6.07, 6.45) is 5.27. The van der Waals surface area contributed by atoms with Crippen LogP contribution in [0, 0.1) is 11.8 Å². The van der Waals surface area contributed by atoms with E-state index in [9.17, 15) is 0 Å². The number of fused-ring (bicyclic) bond motifs is 21. The molecule has 2 saturated carbocycles. The lowest BCUT2D eigenvalue weighted by atomic mass is 9.67. The molecule has 390 valence electrons. The summed E-state index contributed by atoms with van der Waals surface area (Å²) in [4.78, 5) is 2.60. The van der Waals surface area contributed by atoms with Crippen LogP contribution in [-0.4, -0.2) is 0 Å². The van der Waals surface area contributed by atoms with Crippen LogP contribution in [0.3, 0.4) is 0 Å². The fraction of sp³-hybridized carbons (Fsp3) is 0.241. The zero-order valence-corrected chi connectivity index (χ0v) is 47.6. The van der Waals surface area contributed by atoms with Crippen LogP contribution in [0.4, 0.5) is 17.1 Å². The van der Waals surface area contributed by atoms with Gasteiger partial charge in [-0.05, 0) is 201 Å². The van der Waals surface area contributed by atoms with Crippen molar-refractivity contribution in [1.29, 1.82) is 0 Å². The van der Waals surface area contributed by atoms with E-state index >= 15 is 0 Å². The molecule has 10 aromatic rings. The number of anilines is 3. The van der Waals surface area contributed by atoms with E-state index in [0.717, 1.165) is 11.6 Å². The van der Waals surface area contributed by atoms with Crippen LogP contribution in [0.2, 0.25) is 0 Å². The third-order valence-electron chi connectivity index (χ3n) is 20.7. The first-order valence-electron chi connectivity index (χ1n) is 29.7. The van der Waals surface area contributed by atoms with Gasteiger partial charge in [0.15, 0.2) is 0 Å². The quantitative estimate of drug-likeness (QED) is 0.166. The first-order valence-corrected chi connectivity index (χ1v) is 29.7. The van der Waals surface area contributed by atoms with Gasteiger partial charge in [0.25, 0.3) is 0 Å². The summed E-state index contributed by atoms with van der Waals surface area (Å²) in [6.45, 7) is 18.9. The zero-order chi connectivity index (χ0) is 54.2. The van der Waals surface area contributed by atoms with Crippen LogP contribution in [0.25, 0.3) is 66.8 Å². The van der Waals surface area contributed by atoms with E-state index in [1.54, 1.807) is 5.56 Å². The van der Waals surface area contributed by atoms with Crippen molar-refractivity contribution in [1.82, 2.24) is 0 Å². The molecule has 0 heterocycles. The number of hydrogen-bond donors (Lipinski definition) is 0. The van der Waals surface area contributed by atoms with Crippen molar-refractivity contribution in [3.8, 4) is 66.8 Å². The molecule has 0 amide bonds. The number of benzene rings is 10. The van der Waals surface area contributed by atoms with E-state index in [1.807, 2.05) is 0 Å². The Morgan fingerprint density at radius 2 is 0.825 bits per heavy atom. The van der Waals surface area contributed by atoms with Crippen molar-refractivity contribution >= 4 is 17.1 Å². The molecule has 2 bridgehead atoms. The second-order valence-electron chi connectivity index (χ2n) is 27.2. The Hall–Kier alpha value is -8.00. The highest BCUT2D eigenvalue weighted by molar-refractivity contribution is 5.98. The van der Waals surface area contributed by atoms with E-state index in [1.165, 1.54) is 154 Å². The minimum atomic E-state index is -0.501. The van der Waals surface area contributed by atoms with Crippen molar-refractivity contribution < 1.29 is 0 Å². The van der Waals surface area contributed by atoms with Crippen molar-refractivity contribution in [2.45, 2.75) is 108 Å². The maximum absolute atomic E-state index is 2.63.